The molecule has 1 fully saturated rings. The molecule has 1 aliphatic heterocycles. The average Bonchev–Trinajstić information content (AvgIpc) is 3.27. The number of carboxylic acids is 1. The Bertz CT molecular complexity index is 865. The lowest BCUT2D eigenvalue weighted by Gasteiger charge is -2.29. The zero-order valence-corrected chi connectivity index (χ0v) is 19.1. The molecule has 12 heteroatoms. The molecule has 1 aliphatic rings. The number of rotatable bonds is 10. The Balaban J connectivity index is 2.03. The van der Waals surface area contributed by atoms with E-state index in [4.69, 9.17) is 5.73 Å². The molecule has 182 valence electrons. The van der Waals surface area contributed by atoms with Gasteiger partial charge in [0.1, 0.15) is 29.9 Å². The summed E-state index contributed by atoms with van der Waals surface area (Å²) < 4.78 is 0. The number of likely N-dealkylation sites (tertiary alicyclic amines) is 1. The third kappa shape index (κ3) is 7.07. The number of benzene rings is 1. The summed E-state index contributed by atoms with van der Waals surface area (Å²) >= 11 is 4.10. The van der Waals surface area contributed by atoms with Crippen LogP contribution in [0.25, 0.3) is 0 Å². The van der Waals surface area contributed by atoms with Gasteiger partial charge in [-0.25, -0.2) is 4.79 Å². The van der Waals surface area contributed by atoms with Crippen LogP contribution in [0.3, 0.4) is 0 Å². The zero-order valence-electron chi connectivity index (χ0n) is 18.2. The smallest absolute Gasteiger partial charge is 0.326 e. The number of carbonyl (C=O) groups is 4. The van der Waals surface area contributed by atoms with Gasteiger partial charge in [0.15, 0.2) is 0 Å². The molecule has 3 amide bonds. The number of carboxylic acid groups (broad SMARTS) is 1. The first-order valence-electron chi connectivity index (χ1n) is 10.5. The van der Waals surface area contributed by atoms with E-state index in [0.717, 1.165) is 0 Å². The predicted octanol–water partition coefficient (Wildman–Crippen LogP) is -1.38. The normalized spacial score (nSPS) is 19.3. The highest BCUT2D eigenvalue weighted by Crippen LogP contribution is 2.19. The van der Waals surface area contributed by atoms with Crippen LogP contribution >= 0.6 is 12.6 Å². The molecule has 5 atom stereocenters. The van der Waals surface area contributed by atoms with E-state index in [9.17, 15) is 34.5 Å². The molecular formula is C21H30N4O7S. The van der Waals surface area contributed by atoms with E-state index < -0.39 is 54.0 Å². The molecule has 5 unspecified atom stereocenters. The molecule has 0 spiro atoms. The number of hydrogen-bond acceptors (Lipinski definition) is 8. The highest BCUT2D eigenvalue weighted by molar-refractivity contribution is 7.80. The third-order valence-corrected chi connectivity index (χ3v) is 5.81. The van der Waals surface area contributed by atoms with Gasteiger partial charge in [-0.1, -0.05) is 12.1 Å². The summed E-state index contributed by atoms with van der Waals surface area (Å²) in [6.45, 7) is 1.68. The molecule has 0 aromatic heterocycles. The van der Waals surface area contributed by atoms with Gasteiger partial charge in [0.2, 0.25) is 17.7 Å². The summed E-state index contributed by atoms with van der Waals surface area (Å²) in [4.78, 5) is 50.9. The topological polar surface area (TPSA) is 182 Å². The number of nitrogens with one attached hydrogen (secondary N) is 2. The summed E-state index contributed by atoms with van der Waals surface area (Å²) in [6.07, 6.45) is -0.193. The van der Waals surface area contributed by atoms with Crippen LogP contribution in [0.2, 0.25) is 0 Å². The van der Waals surface area contributed by atoms with Crippen LogP contribution < -0.4 is 16.4 Å². The molecule has 0 bridgehead atoms. The molecule has 1 aromatic rings. The van der Waals surface area contributed by atoms with Crippen molar-refractivity contribution < 1.29 is 34.5 Å². The number of thiol groups is 1. The van der Waals surface area contributed by atoms with Crippen LogP contribution in [0.4, 0.5) is 0 Å². The second-order valence-corrected chi connectivity index (χ2v) is 8.33. The second-order valence-electron chi connectivity index (χ2n) is 7.97. The Kier molecular flexibility index (Phi) is 9.50. The number of aliphatic carboxylic acids is 1. The van der Waals surface area contributed by atoms with Crippen molar-refractivity contribution in [2.45, 2.75) is 56.5 Å². The predicted molar refractivity (Wildman–Crippen MR) is 122 cm³/mol. The van der Waals surface area contributed by atoms with Crippen LogP contribution in [0.1, 0.15) is 25.3 Å². The summed E-state index contributed by atoms with van der Waals surface area (Å²) in [5.74, 6) is -3.22. The Morgan fingerprint density at radius 2 is 1.82 bits per heavy atom. The molecule has 33 heavy (non-hydrogen) atoms. The lowest BCUT2D eigenvalue weighted by molar-refractivity contribution is -0.143. The van der Waals surface area contributed by atoms with Gasteiger partial charge in [-0.3, -0.25) is 14.4 Å². The molecule has 11 nitrogen and oxygen atoms in total. The number of phenols is 1. The van der Waals surface area contributed by atoms with Crippen LogP contribution in [0.5, 0.6) is 5.75 Å². The highest BCUT2D eigenvalue weighted by atomic mass is 32.1. The fourth-order valence-electron chi connectivity index (χ4n) is 3.50. The van der Waals surface area contributed by atoms with Gasteiger partial charge in [0, 0.05) is 18.7 Å². The van der Waals surface area contributed by atoms with Crippen LogP contribution in [-0.4, -0.2) is 86.5 Å². The van der Waals surface area contributed by atoms with Crippen LogP contribution in [-0.2, 0) is 25.6 Å². The number of aliphatic hydroxyl groups is 1. The van der Waals surface area contributed by atoms with Gasteiger partial charge in [0.25, 0.3) is 0 Å². The first kappa shape index (κ1) is 26.4. The van der Waals surface area contributed by atoms with Gasteiger partial charge >= 0.3 is 5.97 Å². The lowest BCUT2D eigenvalue weighted by atomic mass is 10.1. The highest BCUT2D eigenvalue weighted by Gasteiger charge is 2.38. The SMILES string of the molecule is CC(O)C(N)C(=O)N1CCCC1C(=O)NC(CS)C(=O)NC(Cc1ccc(O)cc1)C(=O)O. The van der Waals surface area contributed by atoms with Gasteiger partial charge in [0.05, 0.1) is 6.10 Å². The van der Waals surface area contributed by atoms with E-state index in [0.29, 0.717) is 24.9 Å². The standard InChI is InChI=1S/C21H30N4O7S/c1-11(26)17(22)20(30)25-8-2-3-16(25)19(29)24-15(10-33)18(28)23-14(21(31)32)9-12-4-6-13(27)7-5-12/h4-7,11,14-17,26-27,33H,2-3,8-10,22H2,1H3,(H,23,28)(H,24,29)(H,31,32). The zero-order chi connectivity index (χ0) is 24.7. The number of phenolic OH excluding ortho intramolecular Hbond substituents is 1. The first-order chi connectivity index (χ1) is 15.5. The number of aromatic hydroxyl groups is 1. The van der Waals surface area contributed by atoms with Crippen molar-refractivity contribution in [3.8, 4) is 5.75 Å². The molecule has 0 saturated carbocycles. The Morgan fingerprint density at radius 1 is 1.18 bits per heavy atom. The second kappa shape index (κ2) is 11.9. The summed E-state index contributed by atoms with van der Waals surface area (Å²) in [5.41, 5.74) is 6.30. The maximum Gasteiger partial charge on any atom is 0.326 e. The van der Waals surface area contributed by atoms with Crippen LogP contribution in [0.15, 0.2) is 24.3 Å². The van der Waals surface area contributed by atoms with Crippen molar-refractivity contribution in [3.63, 3.8) is 0 Å². The van der Waals surface area contributed by atoms with Gasteiger partial charge in [-0.15, -0.1) is 0 Å². The third-order valence-electron chi connectivity index (χ3n) is 5.45. The van der Waals surface area contributed by atoms with Gasteiger partial charge < -0.3 is 36.6 Å². The van der Waals surface area contributed by atoms with E-state index in [1.807, 2.05) is 0 Å². The summed E-state index contributed by atoms with van der Waals surface area (Å²) in [5, 5.41) is 33.4. The van der Waals surface area contributed by atoms with E-state index >= 15 is 0 Å². The number of hydrogen-bond donors (Lipinski definition) is 7. The lowest BCUT2D eigenvalue weighted by Crippen LogP contribution is -2.58. The Morgan fingerprint density at radius 3 is 2.36 bits per heavy atom. The first-order valence-corrected chi connectivity index (χ1v) is 11.1. The van der Waals surface area contributed by atoms with Crippen LogP contribution in [0, 0.1) is 0 Å². The number of aliphatic hydroxyl groups excluding tert-OH is 1. The van der Waals surface area contributed by atoms with E-state index in [1.54, 1.807) is 12.1 Å². The van der Waals surface area contributed by atoms with Crippen molar-refractivity contribution in [2.75, 3.05) is 12.3 Å². The fraction of sp³-hybridized carbons (Fsp3) is 0.524. The van der Waals surface area contributed by atoms with Crippen molar-refractivity contribution in [1.29, 1.82) is 0 Å². The average molecular weight is 483 g/mol. The summed E-state index contributed by atoms with van der Waals surface area (Å²) in [7, 11) is 0. The monoisotopic (exact) mass is 482 g/mol. The molecule has 1 saturated heterocycles. The maximum atomic E-state index is 12.8. The number of carbonyl (C=O) groups excluding carboxylic acids is 3. The van der Waals surface area contributed by atoms with E-state index in [1.165, 1.54) is 24.0 Å². The van der Waals surface area contributed by atoms with Crippen molar-refractivity contribution >= 4 is 36.3 Å². The Labute approximate surface area is 196 Å². The molecule has 1 aromatic carbocycles. The van der Waals surface area contributed by atoms with Gasteiger partial charge in [-0.05, 0) is 37.5 Å². The molecule has 1 heterocycles. The fourth-order valence-corrected chi connectivity index (χ4v) is 3.76. The molecule has 0 aliphatic carbocycles. The van der Waals surface area contributed by atoms with Crippen molar-refractivity contribution in [3.05, 3.63) is 29.8 Å². The number of nitrogens with two attached hydrogens (primary N) is 1. The van der Waals surface area contributed by atoms with Crippen molar-refractivity contribution in [2.24, 2.45) is 5.73 Å². The minimum atomic E-state index is -1.27. The maximum absolute atomic E-state index is 12.8. The molecule has 2 rings (SSSR count). The minimum absolute atomic E-state index is 0.0290. The van der Waals surface area contributed by atoms with E-state index in [-0.39, 0.29) is 17.9 Å². The summed E-state index contributed by atoms with van der Waals surface area (Å²) in [6, 6.07) is 1.47. The number of amides is 3. The molecule has 0 radical (unpaired) electrons. The molecular weight excluding hydrogens is 452 g/mol. The number of nitrogens with zero attached hydrogens (tertiary/aromatic N) is 1. The van der Waals surface area contributed by atoms with E-state index in [2.05, 4.69) is 23.3 Å². The van der Waals surface area contributed by atoms with Crippen molar-refractivity contribution in [1.82, 2.24) is 15.5 Å². The minimum Gasteiger partial charge on any atom is -0.508 e. The quantitative estimate of drug-likeness (QED) is 0.199. The Hall–Kier alpha value is -2.83. The largest absolute Gasteiger partial charge is 0.508 e. The molecule has 7 N–H and O–H groups in total. The van der Waals surface area contributed by atoms with Gasteiger partial charge in [-0.2, -0.15) is 12.6 Å².